The summed E-state index contributed by atoms with van der Waals surface area (Å²) in [6.07, 6.45) is 2.19. The minimum absolute atomic E-state index is 0.103. The van der Waals surface area contributed by atoms with E-state index in [1.165, 1.54) is 0 Å². The van der Waals surface area contributed by atoms with E-state index in [4.69, 9.17) is 28.9 Å². The van der Waals surface area contributed by atoms with Crippen molar-refractivity contribution in [2.75, 3.05) is 7.05 Å². The SMILES string of the molecule is CC(N)CCCC(=O)N(C)Cc1ccc(Cl)cc1Cl. The molecule has 0 fully saturated rings. The molecule has 1 rings (SSSR count). The summed E-state index contributed by atoms with van der Waals surface area (Å²) in [4.78, 5) is 13.6. The molecule has 0 saturated carbocycles. The molecule has 1 aromatic carbocycles. The van der Waals surface area contributed by atoms with Crippen LogP contribution in [0.3, 0.4) is 0 Å². The number of amides is 1. The largest absolute Gasteiger partial charge is 0.341 e. The second-order valence-corrected chi connectivity index (χ2v) is 5.70. The zero-order chi connectivity index (χ0) is 14.4. The lowest BCUT2D eigenvalue weighted by Gasteiger charge is -2.18. The number of benzene rings is 1. The second kappa shape index (κ2) is 7.73. The summed E-state index contributed by atoms with van der Waals surface area (Å²) in [5, 5.41) is 1.18. The summed E-state index contributed by atoms with van der Waals surface area (Å²) in [6.45, 7) is 2.44. The van der Waals surface area contributed by atoms with E-state index in [-0.39, 0.29) is 11.9 Å². The van der Waals surface area contributed by atoms with Crippen molar-refractivity contribution in [2.45, 2.75) is 38.8 Å². The minimum Gasteiger partial charge on any atom is -0.341 e. The molecular formula is C14H20Cl2N2O. The molecule has 5 heteroatoms. The highest BCUT2D eigenvalue weighted by atomic mass is 35.5. The second-order valence-electron chi connectivity index (χ2n) is 4.86. The normalized spacial score (nSPS) is 12.3. The molecule has 0 heterocycles. The Morgan fingerprint density at radius 2 is 2.11 bits per heavy atom. The van der Waals surface area contributed by atoms with Gasteiger partial charge in [0, 0.05) is 36.1 Å². The number of carbonyl (C=O) groups is 1. The van der Waals surface area contributed by atoms with Gasteiger partial charge in [0.25, 0.3) is 0 Å². The van der Waals surface area contributed by atoms with E-state index in [0.29, 0.717) is 23.0 Å². The molecule has 1 amide bonds. The lowest BCUT2D eigenvalue weighted by Crippen LogP contribution is -2.26. The first kappa shape index (κ1) is 16.3. The molecule has 0 aromatic heterocycles. The van der Waals surface area contributed by atoms with E-state index < -0.39 is 0 Å². The summed E-state index contributed by atoms with van der Waals surface area (Å²) in [5.74, 6) is 0.103. The van der Waals surface area contributed by atoms with Gasteiger partial charge in [0.2, 0.25) is 5.91 Å². The van der Waals surface area contributed by atoms with Crippen LogP contribution in [0.25, 0.3) is 0 Å². The molecule has 1 unspecified atom stereocenters. The van der Waals surface area contributed by atoms with Crippen LogP contribution in [-0.4, -0.2) is 23.9 Å². The number of carbonyl (C=O) groups excluding carboxylic acids is 1. The minimum atomic E-state index is 0.103. The van der Waals surface area contributed by atoms with Crippen LogP contribution >= 0.6 is 23.2 Å². The standard InChI is InChI=1S/C14H20Cl2N2O/c1-10(17)4-3-5-14(19)18(2)9-11-6-7-12(15)8-13(11)16/h6-8,10H,3-5,9,17H2,1-2H3. The van der Waals surface area contributed by atoms with E-state index in [0.717, 1.165) is 18.4 Å². The fourth-order valence-corrected chi connectivity index (χ4v) is 2.23. The lowest BCUT2D eigenvalue weighted by molar-refractivity contribution is -0.130. The third-order valence-corrected chi connectivity index (χ3v) is 3.49. The highest BCUT2D eigenvalue weighted by Crippen LogP contribution is 2.22. The third kappa shape index (κ3) is 5.81. The van der Waals surface area contributed by atoms with Crippen molar-refractivity contribution >= 4 is 29.1 Å². The van der Waals surface area contributed by atoms with Crippen molar-refractivity contribution < 1.29 is 4.79 Å². The number of hydrogen-bond donors (Lipinski definition) is 1. The topological polar surface area (TPSA) is 46.3 Å². The molecule has 19 heavy (non-hydrogen) atoms. The maximum Gasteiger partial charge on any atom is 0.222 e. The first-order chi connectivity index (χ1) is 8.90. The van der Waals surface area contributed by atoms with Crippen LogP contribution in [0.5, 0.6) is 0 Å². The molecule has 0 radical (unpaired) electrons. The fraction of sp³-hybridized carbons (Fsp3) is 0.500. The number of nitrogens with zero attached hydrogens (tertiary/aromatic N) is 1. The van der Waals surface area contributed by atoms with Gasteiger partial charge in [0.1, 0.15) is 0 Å². The predicted molar refractivity (Wildman–Crippen MR) is 80.4 cm³/mol. The average Bonchev–Trinajstić information content (AvgIpc) is 2.32. The highest BCUT2D eigenvalue weighted by Gasteiger charge is 2.11. The van der Waals surface area contributed by atoms with Gasteiger partial charge in [-0.25, -0.2) is 0 Å². The van der Waals surface area contributed by atoms with Gasteiger partial charge in [-0.3, -0.25) is 4.79 Å². The first-order valence-corrected chi connectivity index (χ1v) is 7.09. The van der Waals surface area contributed by atoms with Crippen molar-refractivity contribution in [3.63, 3.8) is 0 Å². The van der Waals surface area contributed by atoms with E-state index in [1.807, 2.05) is 13.0 Å². The molecule has 1 atom stereocenters. The van der Waals surface area contributed by atoms with Crippen molar-refractivity contribution in [2.24, 2.45) is 5.73 Å². The molecule has 1 aromatic rings. The Morgan fingerprint density at radius 1 is 1.42 bits per heavy atom. The van der Waals surface area contributed by atoms with Crippen LogP contribution in [0, 0.1) is 0 Å². The van der Waals surface area contributed by atoms with Crippen LogP contribution in [0.15, 0.2) is 18.2 Å². The summed E-state index contributed by atoms with van der Waals surface area (Å²) >= 11 is 11.9. The Labute approximate surface area is 124 Å². The van der Waals surface area contributed by atoms with Crippen LogP contribution in [-0.2, 0) is 11.3 Å². The van der Waals surface area contributed by atoms with Gasteiger partial charge in [-0.2, -0.15) is 0 Å². The molecule has 0 aliphatic heterocycles. The van der Waals surface area contributed by atoms with Crippen molar-refractivity contribution in [1.29, 1.82) is 0 Å². The van der Waals surface area contributed by atoms with E-state index >= 15 is 0 Å². The Bertz CT molecular complexity index is 435. The fourth-order valence-electron chi connectivity index (χ4n) is 1.76. The van der Waals surface area contributed by atoms with Gasteiger partial charge in [0.15, 0.2) is 0 Å². The van der Waals surface area contributed by atoms with Gasteiger partial charge in [-0.1, -0.05) is 29.3 Å². The zero-order valence-corrected chi connectivity index (χ0v) is 12.8. The Balaban J connectivity index is 2.49. The highest BCUT2D eigenvalue weighted by molar-refractivity contribution is 6.35. The molecule has 0 saturated heterocycles. The molecule has 0 aliphatic carbocycles. The van der Waals surface area contributed by atoms with Gasteiger partial charge in [-0.05, 0) is 37.5 Å². The Hall–Kier alpha value is -0.770. The first-order valence-electron chi connectivity index (χ1n) is 6.33. The monoisotopic (exact) mass is 302 g/mol. The maximum atomic E-state index is 11.9. The van der Waals surface area contributed by atoms with Crippen LogP contribution in [0.2, 0.25) is 10.0 Å². The van der Waals surface area contributed by atoms with Gasteiger partial charge < -0.3 is 10.6 Å². The predicted octanol–water partition coefficient (Wildman–Crippen LogP) is 3.47. The van der Waals surface area contributed by atoms with E-state index in [9.17, 15) is 4.79 Å². The number of nitrogens with two attached hydrogens (primary N) is 1. The van der Waals surface area contributed by atoms with Gasteiger partial charge in [-0.15, -0.1) is 0 Å². The number of hydrogen-bond acceptors (Lipinski definition) is 2. The van der Waals surface area contributed by atoms with Crippen molar-refractivity contribution in [1.82, 2.24) is 4.90 Å². The lowest BCUT2D eigenvalue weighted by atomic mass is 10.1. The quantitative estimate of drug-likeness (QED) is 0.874. The Kier molecular flexibility index (Phi) is 6.63. The molecule has 106 valence electrons. The summed E-state index contributed by atoms with van der Waals surface area (Å²) in [6, 6.07) is 5.45. The molecule has 3 nitrogen and oxygen atoms in total. The molecular weight excluding hydrogens is 283 g/mol. The van der Waals surface area contributed by atoms with Crippen molar-refractivity contribution in [3.8, 4) is 0 Å². The summed E-state index contributed by atoms with van der Waals surface area (Å²) < 4.78 is 0. The van der Waals surface area contributed by atoms with Gasteiger partial charge in [0.05, 0.1) is 0 Å². The van der Waals surface area contributed by atoms with Gasteiger partial charge >= 0.3 is 0 Å². The molecule has 0 aliphatic rings. The van der Waals surface area contributed by atoms with E-state index in [2.05, 4.69) is 0 Å². The van der Waals surface area contributed by atoms with Crippen LogP contribution < -0.4 is 5.73 Å². The molecule has 0 bridgehead atoms. The summed E-state index contributed by atoms with van der Waals surface area (Å²) in [7, 11) is 1.78. The summed E-state index contributed by atoms with van der Waals surface area (Å²) in [5.41, 5.74) is 6.55. The van der Waals surface area contributed by atoms with E-state index in [1.54, 1.807) is 24.1 Å². The number of rotatable bonds is 6. The molecule has 0 spiro atoms. The van der Waals surface area contributed by atoms with Crippen LogP contribution in [0.4, 0.5) is 0 Å². The average molecular weight is 303 g/mol. The zero-order valence-electron chi connectivity index (χ0n) is 11.3. The van der Waals surface area contributed by atoms with Crippen LogP contribution in [0.1, 0.15) is 31.7 Å². The smallest absolute Gasteiger partial charge is 0.222 e. The Morgan fingerprint density at radius 3 is 2.68 bits per heavy atom. The third-order valence-electron chi connectivity index (χ3n) is 2.90. The van der Waals surface area contributed by atoms with Crippen molar-refractivity contribution in [3.05, 3.63) is 33.8 Å². The maximum absolute atomic E-state index is 11.9. The number of halogens is 2. The molecule has 2 N–H and O–H groups in total.